The van der Waals surface area contributed by atoms with E-state index in [0.29, 0.717) is 0 Å². The molecule has 3 fully saturated rings. The molecule has 0 unspecified atom stereocenters. The van der Waals surface area contributed by atoms with Crippen LogP contribution in [0.1, 0.15) is 13.8 Å². The number of allylic oxidation sites excluding steroid dienone is 1. The summed E-state index contributed by atoms with van der Waals surface area (Å²) in [6, 6.07) is 0. The van der Waals surface area contributed by atoms with Crippen LogP contribution in [0.5, 0.6) is 0 Å². The first-order valence-electron chi connectivity index (χ1n) is 8.03. The lowest BCUT2D eigenvalue weighted by atomic mass is 9.54. The molecule has 4 bridgehead atoms. The molecule has 2 heterocycles. The molecule has 5 atom stereocenters. The topological polar surface area (TPSA) is 130 Å². The number of rotatable bonds is 0. The van der Waals surface area contributed by atoms with Crippen LogP contribution in [0.3, 0.4) is 0 Å². The predicted molar refractivity (Wildman–Crippen MR) is 78.2 cm³/mol. The van der Waals surface area contributed by atoms with Crippen LogP contribution < -0.4 is 0 Å². The van der Waals surface area contributed by atoms with Gasteiger partial charge >= 0.3 is 5.97 Å². The lowest BCUT2D eigenvalue weighted by molar-refractivity contribution is -0.173. The number of hydrogen-bond acceptors (Lipinski definition) is 8. The number of ether oxygens (including phenoxy) is 2. The molecule has 3 spiro atoms. The van der Waals surface area contributed by atoms with E-state index in [9.17, 15) is 29.7 Å². The Morgan fingerprint density at radius 1 is 0.960 bits per heavy atom. The second-order valence-corrected chi connectivity index (χ2v) is 7.69. The summed E-state index contributed by atoms with van der Waals surface area (Å²) in [5.74, 6) is -5.10. The molecule has 0 aromatic heterocycles. The van der Waals surface area contributed by atoms with Crippen LogP contribution in [-0.2, 0) is 23.9 Å². The Bertz CT molecular complexity index is 883. The van der Waals surface area contributed by atoms with Crippen molar-refractivity contribution in [2.45, 2.75) is 19.4 Å². The lowest BCUT2D eigenvalue weighted by Crippen LogP contribution is -2.65. The quantitative estimate of drug-likeness (QED) is 0.510. The third-order valence-corrected chi connectivity index (χ3v) is 7.54. The van der Waals surface area contributed by atoms with Crippen molar-refractivity contribution in [3.8, 4) is 0 Å². The molecule has 8 nitrogen and oxygen atoms in total. The summed E-state index contributed by atoms with van der Waals surface area (Å²) in [5.41, 5.74) is -6.84. The van der Waals surface area contributed by atoms with Gasteiger partial charge in [0.1, 0.15) is 12.0 Å². The molecule has 3 aliphatic carbocycles. The summed E-state index contributed by atoms with van der Waals surface area (Å²) < 4.78 is 10.9. The van der Waals surface area contributed by atoms with E-state index in [1.807, 2.05) is 0 Å². The fraction of sp³-hybridized carbons (Fsp3) is 0.588. The van der Waals surface area contributed by atoms with E-state index in [-0.39, 0.29) is 31.0 Å². The van der Waals surface area contributed by atoms with Crippen LogP contribution in [-0.4, -0.2) is 58.3 Å². The molecule has 3 N–H and O–H groups in total. The third-order valence-electron chi connectivity index (χ3n) is 7.54. The molecule has 25 heavy (non-hydrogen) atoms. The molecule has 2 saturated heterocycles. The van der Waals surface area contributed by atoms with Gasteiger partial charge in [-0.1, -0.05) is 0 Å². The number of esters is 1. The summed E-state index contributed by atoms with van der Waals surface area (Å²) in [4.78, 5) is 38.9. The molecule has 0 amide bonds. The van der Waals surface area contributed by atoms with Gasteiger partial charge in [-0.3, -0.25) is 14.4 Å². The normalized spacial score (nSPS) is 50.4. The first kappa shape index (κ1) is 15.1. The van der Waals surface area contributed by atoms with Gasteiger partial charge in [-0.25, -0.2) is 0 Å². The molecule has 0 aromatic carbocycles. The number of carbonyl (C=O) groups is 3. The van der Waals surface area contributed by atoms with Gasteiger partial charge in [0.05, 0.1) is 30.0 Å². The van der Waals surface area contributed by atoms with E-state index in [1.165, 1.54) is 13.8 Å². The number of aliphatic hydroxyl groups excluding tert-OH is 2. The SMILES string of the molecule is CC1=C(O)C(=O)[C@H]2[C@]3(O)C(=O)C(O)=C(C)[C@]24COC(=O)[C@@]42COC[C@]123. The second-order valence-electron chi connectivity index (χ2n) is 7.69. The maximum absolute atomic E-state index is 13.0. The molecule has 5 aliphatic rings. The van der Waals surface area contributed by atoms with Crippen LogP contribution >= 0.6 is 0 Å². The van der Waals surface area contributed by atoms with Crippen molar-refractivity contribution in [2.75, 3.05) is 19.8 Å². The average molecular weight is 348 g/mol. The summed E-state index contributed by atoms with van der Waals surface area (Å²) in [5, 5.41) is 32.5. The minimum Gasteiger partial charge on any atom is -0.504 e. The molecule has 0 radical (unpaired) electrons. The largest absolute Gasteiger partial charge is 0.504 e. The highest BCUT2D eigenvalue weighted by Gasteiger charge is 2.95. The summed E-state index contributed by atoms with van der Waals surface area (Å²) in [6.07, 6.45) is 0. The number of Topliss-reactive ketones (excluding diaryl/α,β-unsaturated/α-hetero) is 2. The molecule has 1 saturated carbocycles. The minimum atomic E-state index is -2.36. The zero-order valence-electron chi connectivity index (χ0n) is 13.6. The monoisotopic (exact) mass is 348 g/mol. The van der Waals surface area contributed by atoms with Crippen LogP contribution in [0.4, 0.5) is 0 Å². The maximum atomic E-state index is 13.0. The van der Waals surface area contributed by atoms with Crippen LogP contribution in [0.15, 0.2) is 22.7 Å². The Labute approximate surface area is 141 Å². The fourth-order valence-corrected chi connectivity index (χ4v) is 6.51. The molecule has 132 valence electrons. The van der Waals surface area contributed by atoms with E-state index in [1.54, 1.807) is 0 Å². The van der Waals surface area contributed by atoms with Gasteiger partial charge in [0, 0.05) is 0 Å². The molecular formula is C17H16O8. The van der Waals surface area contributed by atoms with Crippen molar-refractivity contribution >= 4 is 17.5 Å². The van der Waals surface area contributed by atoms with Crippen molar-refractivity contribution in [3.05, 3.63) is 22.7 Å². The molecule has 5 rings (SSSR count). The summed E-state index contributed by atoms with van der Waals surface area (Å²) in [6.45, 7) is 2.21. The Kier molecular flexibility index (Phi) is 2.21. The van der Waals surface area contributed by atoms with Crippen molar-refractivity contribution in [3.63, 3.8) is 0 Å². The van der Waals surface area contributed by atoms with Crippen LogP contribution in [0, 0.1) is 22.2 Å². The molecule has 0 aromatic rings. The summed E-state index contributed by atoms with van der Waals surface area (Å²) in [7, 11) is 0. The van der Waals surface area contributed by atoms with Crippen molar-refractivity contribution < 1.29 is 39.2 Å². The van der Waals surface area contributed by atoms with E-state index in [2.05, 4.69) is 0 Å². The Hall–Kier alpha value is -2.19. The zero-order valence-corrected chi connectivity index (χ0v) is 13.6. The third kappa shape index (κ3) is 0.952. The van der Waals surface area contributed by atoms with Crippen molar-refractivity contribution in [1.82, 2.24) is 0 Å². The highest BCUT2D eigenvalue weighted by molar-refractivity contribution is 6.15. The number of hydrogen-bond donors (Lipinski definition) is 3. The Morgan fingerprint density at radius 2 is 1.60 bits per heavy atom. The van der Waals surface area contributed by atoms with Gasteiger partial charge in [0.2, 0.25) is 11.6 Å². The fourth-order valence-electron chi connectivity index (χ4n) is 6.51. The van der Waals surface area contributed by atoms with Crippen LogP contribution in [0.25, 0.3) is 0 Å². The van der Waals surface area contributed by atoms with Crippen molar-refractivity contribution in [1.29, 1.82) is 0 Å². The Morgan fingerprint density at radius 3 is 2.28 bits per heavy atom. The minimum absolute atomic E-state index is 0.0327. The van der Waals surface area contributed by atoms with Gasteiger partial charge in [-0.15, -0.1) is 0 Å². The Balaban J connectivity index is 2.06. The van der Waals surface area contributed by atoms with Crippen LogP contribution in [0.2, 0.25) is 0 Å². The van der Waals surface area contributed by atoms with E-state index < -0.39 is 56.8 Å². The first-order valence-corrected chi connectivity index (χ1v) is 8.03. The maximum Gasteiger partial charge on any atom is 0.316 e. The lowest BCUT2D eigenvalue weighted by Gasteiger charge is -2.48. The van der Waals surface area contributed by atoms with E-state index in [0.717, 1.165) is 0 Å². The summed E-state index contributed by atoms with van der Waals surface area (Å²) >= 11 is 0. The number of cyclic esters (lactones) is 1. The molecular weight excluding hydrogens is 332 g/mol. The van der Waals surface area contributed by atoms with Gasteiger partial charge in [-0.2, -0.15) is 0 Å². The van der Waals surface area contributed by atoms with Gasteiger partial charge < -0.3 is 24.8 Å². The molecule has 2 aliphatic heterocycles. The average Bonchev–Trinajstić information content (AvgIpc) is 3.15. The first-order chi connectivity index (χ1) is 11.7. The van der Waals surface area contributed by atoms with Crippen molar-refractivity contribution in [2.24, 2.45) is 22.2 Å². The van der Waals surface area contributed by atoms with Gasteiger partial charge in [0.15, 0.2) is 17.1 Å². The van der Waals surface area contributed by atoms with E-state index >= 15 is 0 Å². The van der Waals surface area contributed by atoms with Gasteiger partial charge in [0.25, 0.3) is 0 Å². The number of ketones is 2. The van der Waals surface area contributed by atoms with Gasteiger partial charge in [-0.05, 0) is 25.0 Å². The number of aliphatic hydroxyl groups is 3. The van der Waals surface area contributed by atoms with E-state index in [4.69, 9.17) is 9.47 Å². The highest BCUT2D eigenvalue weighted by atomic mass is 16.6. The zero-order chi connectivity index (χ0) is 18.2. The molecule has 8 heteroatoms. The highest BCUT2D eigenvalue weighted by Crippen LogP contribution is 2.82. The predicted octanol–water partition coefficient (Wildman–Crippen LogP) is -0.277. The second kappa shape index (κ2) is 3.66. The number of carbonyl (C=O) groups excluding carboxylic acids is 3. The standard InChI is InChI=1S/C17H16O8/c1-6-9(19)12(21)17(23)11-10(20)8(18)7(2)15(17)4-24-5-16(15)13(22)25-3-14(6,11)16/h11,18-19,23H,3-5H2,1-2H3/t11-,14-,15+,16+,17+/m1/s1. The smallest absolute Gasteiger partial charge is 0.316 e.